The molecule has 0 bridgehead atoms. The van der Waals surface area contributed by atoms with E-state index in [2.05, 4.69) is 122 Å². The lowest BCUT2D eigenvalue weighted by molar-refractivity contribution is 1.29. The van der Waals surface area contributed by atoms with Gasteiger partial charge in [0.1, 0.15) is 0 Å². The average Bonchev–Trinajstić information content (AvgIpc) is 2.75. The van der Waals surface area contributed by atoms with Crippen LogP contribution >= 0.6 is 0 Å². The number of fused-ring (bicyclic) bond motifs is 2. The van der Waals surface area contributed by atoms with Crippen molar-refractivity contribution in [3.8, 4) is 0 Å². The highest BCUT2D eigenvalue weighted by molar-refractivity contribution is 5.92. The van der Waals surface area contributed by atoms with Gasteiger partial charge in [-0.05, 0) is 71.8 Å². The molecule has 0 spiro atoms. The number of anilines is 3. The first-order valence-electron chi connectivity index (χ1n) is 10.0. The highest BCUT2D eigenvalue weighted by Gasteiger charge is 2.13. The lowest BCUT2D eigenvalue weighted by Crippen LogP contribution is -2.09. The highest BCUT2D eigenvalue weighted by atomic mass is 15.1. The Bertz CT molecular complexity index is 1230. The molecule has 0 heterocycles. The predicted octanol–water partition coefficient (Wildman–Crippen LogP) is 8.08. The van der Waals surface area contributed by atoms with Gasteiger partial charge in [-0.1, -0.05) is 77.9 Å². The smallest absolute Gasteiger partial charge is 0.0468 e. The summed E-state index contributed by atoms with van der Waals surface area (Å²) < 4.78 is 0. The summed E-state index contributed by atoms with van der Waals surface area (Å²) in [5, 5.41) is 5.06. The summed E-state index contributed by atoms with van der Waals surface area (Å²) in [6, 6.07) is 37.3. The minimum absolute atomic E-state index is 1.16. The molecule has 0 aliphatic carbocycles. The monoisotopic (exact) mass is 373 g/mol. The van der Waals surface area contributed by atoms with E-state index in [9.17, 15) is 0 Å². The Morgan fingerprint density at radius 3 is 1.38 bits per heavy atom. The van der Waals surface area contributed by atoms with E-state index in [1.807, 2.05) is 0 Å². The molecule has 0 unspecified atom stereocenters. The van der Waals surface area contributed by atoms with Crippen molar-refractivity contribution in [1.82, 2.24) is 0 Å². The summed E-state index contributed by atoms with van der Waals surface area (Å²) in [6.07, 6.45) is 0. The summed E-state index contributed by atoms with van der Waals surface area (Å²) in [4.78, 5) is 2.33. The van der Waals surface area contributed by atoms with Crippen molar-refractivity contribution in [3.05, 3.63) is 114 Å². The lowest BCUT2D eigenvalue weighted by atomic mass is 10.0. The predicted molar refractivity (Wildman–Crippen MR) is 126 cm³/mol. The second kappa shape index (κ2) is 7.10. The second-order valence-corrected chi connectivity index (χ2v) is 7.74. The molecule has 0 amide bonds. The molecular formula is C28H23N. The lowest BCUT2D eigenvalue weighted by Gasteiger charge is -2.26. The van der Waals surface area contributed by atoms with Gasteiger partial charge >= 0.3 is 0 Å². The molecule has 0 saturated heterocycles. The summed E-state index contributed by atoms with van der Waals surface area (Å²) in [7, 11) is 0. The van der Waals surface area contributed by atoms with Gasteiger partial charge in [0, 0.05) is 17.1 Å². The summed E-state index contributed by atoms with van der Waals surface area (Å²) in [6.45, 7) is 4.28. The SMILES string of the molecule is Cc1ccc2cc(N(c3ccccc3)c3ccc4cc(C)ccc4c3)ccc2c1. The maximum Gasteiger partial charge on any atom is 0.0468 e. The van der Waals surface area contributed by atoms with Crippen molar-refractivity contribution >= 4 is 38.6 Å². The quantitative estimate of drug-likeness (QED) is 0.309. The number of benzene rings is 5. The largest absolute Gasteiger partial charge is 0.310 e. The molecule has 0 aromatic heterocycles. The Morgan fingerprint density at radius 1 is 0.414 bits per heavy atom. The van der Waals surface area contributed by atoms with Gasteiger partial charge in [0.15, 0.2) is 0 Å². The van der Waals surface area contributed by atoms with Gasteiger partial charge in [-0.15, -0.1) is 0 Å². The van der Waals surface area contributed by atoms with Crippen LogP contribution < -0.4 is 4.90 Å². The molecule has 0 fully saturated rings. The fourth-order valence-electron chi connectivity index (χ4n) is 4.01. The van der Waals surface area contributed by atoms with E-state index in [-0.39, 0.29) is 0 Å². The second-order valence-electron chi connectivity index (χ2n) is 7.74. The van der Waals surface area contributed by atoms with Crippen molar-refractivity contribution in [2.24, 2.45) is 0 Å². The molecule has 0 N–H and O–H groups in total. The molecule has 5 aromatic rings. The van der Waals surface area contributed by atoms with Crippen LogP contribution in [0.2, 0.25) is 0 Å². The molecule has 5 rings (SSSR count). The van der Waals surface area contributed by atoms with Gasteiger partial charge < -0.3 is 4.90 Å². The van der Waals surface area contributed by atoms with E-state index in [0.29, 0.717) is 0 Å². The van der Waals surface area contributed by atoms with Crippen LogP contribution in [-0.4, -0.2) is 0 Å². The third-order valence-electron chi connectivity index (χ3n) is 5.49. The molecule has 1 nitrogen and oxygen atoms in total. The van der Waals surface area contributed by atoms with Crippen molar-refractivity contribution in [1.29, 1.82) is 0 Å². The van der Waals surface area contributed by atoms with Gasteiger partial charge in [-0.25, -0.2) is 0 Å². The third kappa shape index (κ3) is 3.36. The fourth-order valence-corrected chi connectivity index (χ4v) is 4.01. The molecular weight excluding hydrogens is 350 g/mol. The van der Waals surface area contributed by atoms with E-state index < -0.39 is 0 Å². The van der Waals surface area contributed by atoms with Crippen LogP contribution in [0.5, 0.6) is 0 Å². The highest BCUT2D eigenvalue weighted by Crippen LogP contribution is 2.37. The molecule has 1 heteroatoms. The molecule has 0 atom stereocenters. The van der Waals surface area contributed by atoms with Crippen molar-refractivity contribution in [2.45, 2.75) is 13.8 Å². The van der Waals surface area contributed by atoms with Gasteiger partial charge in [0.25, 0.3) is 0 Å². The Labute approximate surface area is 171 Å². The number of hydrogen-bond donors (Lipinski definition) is 0. The molecule has 0 aliphatic heterocycles. The van der Waals surface area contributed by atoms with E-state index in [1.54, 1.807) is 0 Å². The Morgan fingerprint density at radius 2 is 0.862 bits per heavy atom. The Hall–Kier alpha value is -3.58. The van der Waals surface area contributed by atoms with Crippen LogP contribution in [0.4, 0.5) is 17.1 Å². The Kier molecular flexibility index (Phi) is 4.29. The minimum Gasteiger partial charge on any atom is -0.310 e. The number of para-hydroxylation sites is 1. The van der Waals surface area contributed by atoms with Gasteiger partial charge in [-0.2, -0.15) is 0 Å². The number of nitrogens with zero attached hydrogens (tertiary/aromatic N) is 1. The van der Waals surface area contributed by atoms with E-state index in [4.69, 9.17) is 0 Å². The minimum atomic E-state index is 1.16. The number of aryl methyl sites for hydroxylation is 2. The van der Waals surface area contributed by atoms with Crippen LogP contribution in [0.25, 0.3) is 21.5 Å². The topological polar surface area (TPSA) is 3.24 Å². The van der Waals surface area contributed by atoms with Crippen molar-refractivity contribution < 1.29 is 0 Å². The van der Waals surface area contributed by atoms with Gasteiger partial charge in [-0.3, -0.25) is 0 Å². The standard InChI is InChI=1S/C28H23N/c1-20-8-10-24-18-27(14-12-22(24)16-20)29(26-6-4-3-5-7-26)28-15-13-23-17-21(2)9-11-25(23)19-28/h3-19H,1-2H3. The fraction of sp³-hybridized carbons (Fsp3) is 0.0714. The Balaban J connectivity index is 1.70. The van der Waals surface area contributed by atoms with Crippen LogP contribution in [0, 0.1) is 13.8 Å². The zero-order valence-electron chi connectivity index (χ0n) is 16.8. The maximum absolute atomic E-state index is 2.33. The van der Waals surface area contributed by atoms with Crippen LogP contribution in [0.1, 0.15) is 11.1 Å². The molecule has 0 radical (unpaired) electrons. The summed E-state index contributed by atoms with van der Waals surface area (Å²) in [5.41, 5.74) is 6.06. The van der Waals surface area contributed by atoms with Crippen molar-refractivity contribution in [2.75, 3.05) is 4.90 Å². The maximum atomic E-state index is 2.33. The van der Waals surface area contributed by atoms with E-state index in [0.717, 1.165) is 5.69 Å². The molecule has 5 aromatic carbocycles. The van der Waals surface area contributed by atoms with Crippen molar-refractivity contribution in [3.63, 3.8) is 0 Å². The van der Waals surface area contributed by atoms with E-state index >= 15 is 0 Å². The summed E-state index contributed by atoms with van der Waals surface area (Å²) >= 11 is 0. The zero-order valence-corrected chi connectivity index (χ0v) is 16.8. The molecule has 0 saturated carbocycles. The number of hydrogen-bond acceptors (Lipinski definition) is 1. The first-order chi connectivity index (χ1) is 14.2. The zero-order chi connectivity index (χ0) is 19.8. The van der Waals surface area contributed by atoms with Crippen LogP contribution in [-0.2, 0) is 0 Å². The summed E-state index contributed by atoms with van der Waals surface area (Å²) in [5.74, 6) is 0. The first kappa shape index (κ1) is 17.5. The molecule has 0 aliphatic rings. The average molecular weight is 373 g/mol. The van der Waals surface area contributed by atoms with E-state index in [1.165, 1.54) is 44.0 Å². The van der Waals surface area contributed by atoms with Crippen LogP contribution in [0.3, 0.4) is 0 Å². The van der Waals surface area contributed by atoms with Crippen LogP contribution in [0.15, 0.2) is 103 Å². The third-order valence-corrected chi connectivity index (χ3v) is 5.49. The first-order valence-corrected chi connectivity index (χ1v) is 10.0. The van der Waals surface area contributed by atoms with Gasteiger partial charge in [0.05, 0.1) is 0 Å². The molecule has 29 heavy (non-hydrogen) atoms. The normalized spacial score (nSPS) is 11.1. The van der Waals surface area contributed by atoms with Gasteiger partial charge in [0.2, 0.25) is 0 Å². The number of rotatable bonds is 3. The molecule has 140 valence electrons.